The Morgan fingerprint density at radius 3 is 2.54 bits per heavy atom. The number of carbonyl (C=O) groups is 2. The van der Waals surface area contributed by atoms with Crippen molar-refractivity contribution >= 4 is 23.4 Å². The zero-order valence-corrected chi connectivity index (χ0v) is 14.1. The van der Waals surface area contributed by atoms with Gasteiger partial charge in [0.1, 0.15) is 17.3 Å². The van der Waals surface area contributed by atoms with E-state index in [0.29, 0.717) is 17.3 Å². The first-order valence-corrected chi connectivity index (χ1v) is 7.51. The molecular weight excluding hydrogens is 308 g/mol. The predicted molar refractivity (Wildman–Crippen MR) is 91.3 cm³/mol. The van der Waals surface area contributed by atoms with Crippen molar-refractivity contribution < 1.29 is 14.3 Å². The third kappa shape index (κ3) is 4.28. The van der Waals surface area contributed by atoms with Gasteiger partial charge in [0.25, 0.3) is 5.91 Å². The number of rotatable bonds is 5. The molecule has 0 aliphatic carbocycles. The summed E-state index contributed by atoms with van der Waals surface area (Å²) in [4.78, 5) is 32.7. The average Bonchev–Trinajstić information content (AvgIpc) is 2.53. The maximum absolute atomic E-state index is 12.5. The Kier molecular flexibility index (Phi) is 5.47. The summed E-state index contributed by atoms with van der Waals surface area (Å²) < 4.78 is 4.72. The van der Waals surface area contributed by atoms with Crippen molar-refractivity contribution in [3.63, 3.8) is 0 Å². The third-order valence-electron chi connectivity index (χ3n) is 3.09. The fraction of sp³-hybridized carbons (Fsp3) is 0.294. The van der Waals surface area contributed by atoms with Crippen molar-refractivity contribution in [3.05, 3.63) is 47.4 Å². The molecule has 2 N–H and O–H groups in total. The number of methoxy groups -OCH3 is 1. The smallest absolute Gasteiger partial charge is 0.339 e. The van der Waals surface area contributed by atoms with E-state index in [9.17, 15) is 9.59 Å². The number of aryl methyl sites for hydroxylation is 1. The first-order chi connectivity index (χ1) is 11.4. The molecule has 126 valence electrons. The van der Waals surface area contributed by atoms with Gasteiger partial charge in [0, 0.05) is 12.1 Å². The van der Waals surface area contributed by atoms with Crippen LogP contribution in [0.25, 0.3) is 0 Å². The van der Waals surface area contributed by atoms with Crippen LogP contribution < -0.4 is 10.6 Å². The zero-order chi connectivity index (χ0) is 17.7. The number of carbonyl (C=O) groups excluding carboxylic acids is 2. The van der Waals surface area contributed by atoms with Gasteiger partial charge in [0.05, 0.1) is 18.4 Å². The molecule has 0 saturated heterocycles. The highest BCUT2D eigenvalue weighted by Gasteiger charge is 2.16. The second-order valence-electron chi connectivity index (χ2n) is 5.48. The van der Waals surface area contributed by atoms with Crippen molar-refractivity contribution in [2.45, 2.75) is 26.8 Å². The van der Waals surface area contributed by atoms with Gasteiger partial charge in [-0.05, 0) is 32.9 Å². The van der Waals surface area contributed by atoms with Crippen LogP contribution in [0.2, 0.25) is 0 Å². The number of ether oxygens (including phenoxy) is 1. The van der Waals surface area contributed by atoms with E-state index in [1.54, 1.807) is 37.3 Å². The van der Waals surface area contributed by atoms with Crippen LogP contribution in [0.5, 0.6) is 0 Å². The lowest BCUT2D eigenvalue weighted by atomic mass is 10.1. The van der Waals surface area contributed by atoms with Crippen LogP contribution in [0.15, 0.2) is 30.3 Å². The lowest BCUT2D eigenvalue weighted by molar-refractivity contribution is 0.0602. The molecule has 0 atom stereocenters. The number of nitrogens with zero attached hydrogens (tertiary/aromatic N) is 2. The molecule has 1 aromatic carbocycles. The van der Waals surface area contributed by atoms with Crippen LogP contribution >= 0.6 is 0 Å². The Morgan fingerprint density at radius 1 is 1.17 bits per heavy atom. The topological polar surface area (TPSA) is 93.2 Å². The number of hydrogen-bond acceptors (Lipinski definition) is 6. The molecular formula is C17H20N4O3. The minimum Gasteiger partial charge on any atom is -0.465 e. The molecule has 1 amide bonds. The van der Waals surface area contributed by atoms with Gasteiger partial charge >= 0.3 is 5.97 Å². The standard InChI is InChI=1S/C17H20N4O3/c1-10(2)18-15-9-14(19-11(3)20-15)16(22)21-13-8-6-5-7-12(13)17(23)24-4/h5-10H,1-4H3,(H,21,22)(H,18,19,20). The lowest BCUT2D eigenvalue weighted by Gasteiger charge is -2.12. The molecule has 0 unspecified atom stereocenters. The van der Waals surface area contributed by atoms with Gasteiger partial charge in [0.2, 0.25) is 0 Å². The highest BCUT2D eigenvalue weighted by molar-refractivity contribution is 6.07. The molecule has 0 bridgehead atoms. The van der Waals surface area contributed by atoms with Crippen LogP contribution in [0.1, 0.15) is 40.5 Å². The average molecular weight is 328 g/mol. The molecule has 0 aliphatic heterocycles. The van der Waals surface area contributed by atoms with Crippen molar-refractivity contribution in [1.29, 1.82) is 0 Å². The van der Waals surface area contributed by atoms with Crippen LogP contribution in [0.3, 0.4) is 0 Å². The number of para-hydroxylation sites is 1. The summed E-state index contributed by atoms with van der Waals surface area (Å²) >= 11 is 0. The van der Waals surface area contributed by atoms with Crippen LogP contribution in [0.4, 0.5) is 11.5 Å². The number of anilines is 2. The SMILES string of the molecule is COC(=O)c1ccccc1NC(=O)c1cc(NC(C)C)nc(C)n1. The van der Waals surface area contributed by atoms with Gasteiger partial charge in [-0.1, -0.05) is 12.1 Å². The van der Waals surface area contributed by atoms with E-state index in [1.807, 2.05) is 13.8 Å². The van der Waals surface area contributed by atoms with Crippen molar-refractivity contribution in [3.8, 4) is 0 Å². The third-order valence-corrected chi connectivity index (χ3v) is 3.09. The molecule has 0 saturated carbocycles. The van der Waals surface area contributed by atoms with Crippen molar-refractivity contribution in [2.24, 2.45) is 0 Å². The maximum atomic E-state index is 12.5. The quantitative estimate of drug-likeness (QED) is 0.820. The number of esters is 1. The van der Waals surface area contributed by atoms with E-state index in [0.717, 1.165) is 0 Å². The molecule has 0 fully saturated rings. The predicted octanol–water partition coefficient (Wildman–Crippen LogP) is 2.64. The first kappa shape index (κ1) is 17.4. The monoisotopic (exact) mass is 328 g/mol. The van der Waals surface area contributed by atoms with Crippen LogP contribution in [-0.4, -0.2) is 35.0 Å². The van der Waals surface area contributed by atoms with Gasteiger partial charge in [-0.2, -0.15) is 0 Å². The minimum absolute atomic E-state index is 0.176. The fourth-order valence-corrected chi connectivity index (χ4v) is 2.12. The molecule has 24 heavy (non-hydrogen) atoms. The van der Waals surface area contributed by atoms with Gasteiger partial charge in [0.15, 0.2) is 0 Å². The number of benzene rings is 1. The van der Waals surface area contributed by atoms with E-state index in [1.165, 1.54) is 7.11 Å². The normalized spacial score (nSPS) is 10.4. The zero-order valence-electron chi connectivity index (χ0n) is 14.1. The number of nitrogens with one attached hydrogen (secondary N) is 2. The maximum Gasteiger partial charge on any atom is 0.339 e. The van der Waals surface area contributed by atoms with Gasteiger partial charge in [-0.3, -0.25) is 4.79 Å². The Bertz CT molecular complexity index is 759. The summed E-state index contributed by atoms with van der Waals surface area (Å²) in [5.41, 5.74) is 0.856. The van der Waals surface area contributed by atoms with E-state index >= 15 is 0 Å². The summed E-state index contributed by atoms with van der Waals surface area (Å²) in [7, 11) is 1.29. The highest BCUT2D eigenvalue weighted by Crippen LogP contribution is 2.17. The minimum atomic E-state index is -0.521. The summed E-state index contributed by atoms with van der Waals surface area (Å²) in [5.74, 6) is 0.103. The second kappa shape index (κ2) is 7.54. The molecule has 1 aromatic heterocycles. The molecule has 7 heteroatoms. The molecule has 0 aliphatic rings. The van der Waals surface area contributed by atoms with Gasteiger partial charge in [-0.15, -0.1) is 0 Å². The Labute approximate surface area is 140 Å². The summed E-state index contributed by atoms with van der Waals surface area (Å²) in [5, 5.41) is 5.83. The first-order valence-electron chi connectivity index (χ1n) is 7.51. The van der Waals surface area contributed by atoms with Crippen LogP contribution in [-0.2, 0) is 4.74 Å². The molecule has 7 nitrogen and oxygen atoms in total. The molecule has 1 heterocycles. The molecule has 2 rings (SSSR count). The Balaban J connectivity index is 2.28. The largest absolute Gasteiger partial charge is 0.465 e. The molecule has 2 aromatic rings. The Hall–Kier alpha value is -2.96. The fourth-order valence-electron chi connectivity index (χ4n) is 2.12. The summed E-state index contributed by atoms with van der Waals surface area (Å²) in [6, 6.07) is 8.38. The van der Waals surface area contributed by atoms with E-state index in [2.05, 4.69) is 20.6 Å². The van der Waals surface area contributed by atoms with Crippen molar-refractivity contribution in [2.75, 3.05) is 17.7 Å². The number of amides is 1. The second-order valence-corrected chi connectivity index (χ2v) is 5.48. The number of aromatic nitrogens is 2. The summed E-state index contributed by atoms with van der Waals surface area (Å²) in [6.07, 6.45) is 0. The highest BCUT2D eigenvalue weighted by atomic mass is 16.5. The van der Waals surface area contributed by atoms with Gasteiger partial charge < -0.3 is 15.4 Å². The summed E-state index contributed by atoms with van der Waals surface area (Å²) in [6.45, 7) is 5.66. The Morgan fingerprint density at radius 2 is 1.88 bits per heavy atom. The van der Waals surface area contributed by atoms with Crippen LogP contribution in [0, 0.1) is 6.92 Å². The van der Waals surface area contributed by atoms with E-state index in [-0.39, 0.29) is 17.3 Å². The molecule has 0 spiro atoms. The van der Waals surface area contributed by atoms with Gasteiger partial charge in [-0.25, -0.2) is 14.8 Å². The van der Waals surface area contributed by atoms with Crippen molar-refractivity contribution in [1.82, 2.24) is 9.97 Å². The van der Waals surface area contributed by atoms with E-state index in [4.69, 9.17) is 4.74 Å². The molecule has 0 radical (unpaired) electrons. The lowest BCUT2D eigenvalue weighted by Crippen LogP contribution is -2.19. The van der Waals surface area contributed by atoms with E-state index < -0.39 is 11.9 Å². The number of hydrogen-bond donors (Lipinski definition) is 2.